The zero-order valence-electron chi connectivity index (χ0n) is 14.6. The first-order valence-corrected chi connectivity index (χ1v) is 10.0. The van der Waals surface area contributed by atoms with Crippen molar-refractivity contribution < 1.29 is 9.53 Å². The van der Waals surface area contributed by atoms with Crippen LogP contribution in [0.4, 0.5) is 0 Å². The van der Waals surface area contributed by atoms with Crippen molar-refractivity contribution in [2.75, 3.05) is 13.7 Å². The summed E-state index contributed by atoms with van der Waals surface area (Å²) in [6.07, 6.45) is 7.42. The van der Waals surface area contributed by atoms with Crippen LogP contribution in [0.3, 0.4) is 0 Å². The van der Waals surface area contributed by atoms with Crippen molar-refractivity contribution in [3.8, 4) is 16.3 Å². The Kier molecular flexibility index (Phi) is 4.75. The molecule has 1 aliphatic carbocycles. The maximum absolute atomic E-state index is 13.0. The Morgan fingerprint density at radius 1 is 1.16 bits per heavy atom. The highest BCUT2D eigenvalue weighted by atomic mass is 32.1. The molecule has 2 aromatic rings. The summed E-state index contributed by atoms with van der Waals surface area (Å²) in [5.41, 5.74) is 1.63. The lowest BCUT2D eigenvalue weighted by Crippen LogP contribution is -2.49. The van der Waals surface area contributed by atoms with Crippen molar-refractivity contribution in [3.05, 3.63) is 35.3 Å². The summed E-state index contributed by atoms with van der Waals surface area (Å²) >= 11 is 1.54. The summed E-state index contributed by atoms with van der Waals surface area (Å²) in [6, 6.07) is 8.26. The normalized spacial score (nSPS) is 23.2. The Balaban J connectivity index is 1.53. The van der Waals surface area contributed by atoms with E-state index in [0.29, 0.717) is 17.7 Å². The second-order valence-corrected chi connectivity index (χ2v) is 7.88. The van der Waals surface area contributed by atoms with Gasteiger partial charge < -0.3 is 9.64 Å². The van der Waals surface area contributed by atoms with E-state index in [2.05, 4.69) is 9.88 Å². The van der Waals surface area contributed by atoms with Gasteiger partial charge in [0.05, 0.1) is 7.11 Å². The number of rotatable bonds is 3. The lowest BCUT2D eigenvalue weighted by Gasteiger charge is -2.43. The Morgan fingerprint density at radius 2 is 1.92 bits per heavy atom. The Hall–Kier alpha value is -1.88. The van der Waals surface area contributed by atoms with Crippen LogP contribution >= 0.6 is 11.3 Å². The van der Waals surface area contributed by atoms with Gasteiger partial charge in [-0.3, -0.25) is 4.79 Å². The smallest absolute Gasteiger partial charge is 0.273 e. The van der Waals surface area contributed by atoms with Gasteiger partial charge in [-0.1, -0.05) is 12.8 Å². The van der Waals surface area contributed by atoms with Gasteiger partial charge in [0.15, 0.2) is 0 Å². The maximum Gasteiger partial charge on any atom is 0.273 e. The molecule has 0 N–H and O–H groups in total. The second-order valence-electron chi connectivity index (χ2n) is 7.02. The SMILES string of the molecule is COc1ccc(-c2nc(C(=O)N3CCC[C@H]4CCCC[C@@H]43)cs2)cc1. The van der Waals surface area contributed by atoms with Gasteiger partial charge in [0.1, 0.15) is 16.5 Å². The van der Waals surface area contributed by atoms with Crippen molar-refractivity contribution in [1.82, 2.24) is 9.88 Å². The van der Waals surface area contributed by atoms with Crippen LogP contribution in [0, 0.1) is 5.92 Å². The lowest BCUT2D eigenvalue weighted by atomic mass is 9.78. The Bertz CT molecular complexity index is 738. The van der Waals surface area contributed by atoms with Gasteiger partial charge in [-0.05, 0) is 55.9 Å². The third kappa shape index (κ3) is 3.30. The number of hydrogen-bond acceptors (Lipinski definition) is 4. The molecule has 2 heterocycles. The number of benzene rings is 1. The molecule has 0 radical (unpaired) electrons. The van der Waals surface area contributed by atoms with E-state index in [1.807, 2.05) is 29.6 Å². The number of likely N-dealkylation sites (tertiary alicyclic amines) is 1. The minimum absolute atomic E-state index is 0.118. The van der Waals surface area contributed by atoms with Crippen LogP contribution in [0.25, 0.3) is 10.6 Å². The van der Waals surface area contributed by atoms with Crippen LogP contribution in [0.1, 0.15) is 49.0 Å². The van der Waals surface area contributed by atoms with Crippen molar-refractivity contribution in [1.29, 1.82) is 0 Å². The standard InChI is InChI=1S/C20H24N2O2S/c1-24-16-10-8-15(9-11-16)19-21-17(13-25-19)20(23)22-12-4-6-14-5-2-3-7-18(14)22/h8-11,13-14,18H,2-7,12H2,1H3/t14-,18+/m1/s1. The topological polar surface area (TPSA) is 42.4 Å². The highest BCUT2D eigenvalue weighted by Crippen LogP contribution is 2.36. The zero-order valence-corrected chi connectivity index (χ0v) is 15.4. The number of piperidine rings is 1. The van der Waals surface area contributed by atoms with E-state index in [-0.39, 0.29) is 5.91 Å². The Morgan fingerprint density at radius 3 is 2.72 bits per heavy atom. The minimum Gasteiger partial charge on any atom is -0.497 e. The highest BCUT2D eigenvalue weighted by Gasteiger charge is 2.36. The van der Waals surface area contributed by atoms with Gasteiger partial charge in [0, 0.05) is 23.5 Å². The number of fused-ring (bicyclic) bond motifs is 1. The van der Waals surface area contributed by atoms with E-state index in [9.17, 15) is 4.79 Å². The van der Waals surface area contributed by atoms with Gasteiger partial charge in [-0.25, -0.2) is 4.98 Å². The van der Waals surface area contributed by atoms with Gasteiger partial charge in [-0.15, -0.1) is 11.3 Å². The molecule has 2 aliphatic rings. The van der Waals surface area contributed by atoms with E-state index in [1.54, 1.807) is 7.11 Å². The van der Waals surface area contributed by atoms with Gasteiger partial charge in [-0.2, -0.15) is 0 Å². The number of methoxy groups -OCH3 is 1. The molecular formula is C20H24N2O2S. The summed E-state index contributed by atoms with van der Waals surface area (Å²) in [5, 5.41) is 2.80. The molecule has 1 aromatic carbocycles. The third-order valence-corrected chi connectivity index (χ3v) is 6.46. The summed E-state index contributed by atoms with van der Waals surface area (Å²) in [6.45, 7) is 0.884. The number of carbonyl (C=O) groups excluding carboxylic acids is 1. The van der Waals surface area contributed by atoms with Crippen LogP contribution < -0.4 is 4.74 Å². The summed E-state index contributed by atoms with van der Waals surface area (Å²) < 4.78 is 5.20. The predicted octanol–water partition coefficient (Wildman–Crippen LogP) is 4.61. The van der Waals surface area contributed by atoms with Crippen molar-refractivity contribution >= 4 is 17.2 Å². The van der Waals surface area contributed by atoms with Crippen molar-refractivity contribution in [2.45, 2.75) is 44.6 Å². The summed E-state index contributed by atoms with van der Waals surface area (Å²) in [4.78, 5) is 19.8. The minimum atomic E-state index is 0.118. The van der Waals surface area contributed by atoms with Crippen molar-refractivity contribution in [3.63, 3.8) is 0 Å². The summed E-state index contributed by atoms with van der Waals surface area (Å²) in [5.74, 6) is 1.65. The molecule has 2 atom stereocenters. The molecule has 25 heavy (non-hydrogen) atoms. The van der Waals surface area contributed by atoms with E-state index in [1.165, 1.54) is 37.0 Å². The molecule has 4 rings (SSSR count). The average Bonchev–Trinajstić information content (AvgIpc) is 3.17. The zero-order chi connectivity index (χ0) is 17.2. The second kappa shape index (κ2) is 7.16. The fraction of sp³-hybridized carbons (Fsp3) is 0.500. The molecule has 2 fully saturated rings. The molecule has 1 saturated heterocycles. The molecule has 1 saturated carbocycles. The monoisotopic (exact) mass is 356 g/mol. The Labute approximate surface area is 152 Å². The number of aromatic nitrogens is 1. The number of ether oxygens (including phenoxy) is 1. The predicted molar refractivity (Wildman–Crippen MR) is 100 cm³/mol. The summed E-state index contributed by atoms with van der Waals surface area (Å²) in [7, 11) is 1.66. The molecule has 132 valence electrons. The number of thiazole rings is 1. The molecule has 1 amide bonds. The first-order valence-electron chi connectivity index (χ1n) is 9.17. The molecule has 4 nitrogen and oxygen atoms in total. The van der Waals surface area contributed by atoms with Gasteiger partial charge in [0.25, 0.3) is 5.91 Å². The molecule has 0 unspecified atom stereocenters. The first-order chi connectivity index (χ1) is 12.3. The highest BCUT2D eigenvalue weighted by molar-refractivity contribution is 7.13. The first kappa shape index (κ1) is 16.6. The van der Waals surface area contributed by atoms with Crippen LogP contribution in [-0.4, -0.2) is 35.5 Å². The largest absolute Gasteiger partial charge is 0.497 e. The molecule has 5 heteroatoms. The lowest BCUT2D eigenvalue weighted by molar-refractivity contribution is 0.0386. The van der Waals surface area contributed by atoms with E-state index < -0.39 is 0 Å². The van der Waals surface area contributed by atoms with Crippen molar-refractivity contribution in [2.24, 2.45) is 5.92 Å². The number of hydrogen-bond donors (Lipinski definition) is 0. The van der Waals surface area contributed by atoms with Gasteiger partial charge in [0.2, 0.25) is 0 Å². The average molecular weight is 356 g/mol. The molecule has 0 spiro atoms. The third-order valence-electron chi connectivity index (χ3n) is 5.56. The van der Waals surface area contributed by atoms with Crippen LogP contribution in [0.2, 0.25) is 0 Å². The number of carbonyl (C=O) groups is 1. The fourth-order valence-electron chi connectivity index (χ4n) is 4.26. The van der Waals surface area contributed by atoms with Gasteiger partial charge >= 0.3 is 0 Å². The quantitative estimate of drug-likeness (QED) is 0.806. The number of amides is 1. The van der Waals surface area contributed by atoms with E-state index in [0.717, 1.165) is 35.7 Å². The fourth-order valence-corrected chi connectivity index (χ4v) is 5.06. The van der Waals surface area contributed by atoms with E-state index >= 15 is 0 Å². The van der Waals surface area contributed by atoms with Crippen LogP contribution in [-0.2, 0) is 0 Å². The van der Waals surface area contributed by atoms with E-state index in [4.69, 9.17) is 4.74 Å². The molecule has 1 aliphatic heterocycles. The van der Waals surface area contributed by atoms with Crippen LogP contribution in [0.15, 0.2) is 29.6 Å². The number of nitrogens with zero attached hydrogens (tertiary/aromatic N) is 2. The van der Waals surface area contributed by atoms with Crippen LogP contribution in [0.5, 0.6) is 5.75 Å². The molecule has 1 aromatic heterocycles. The maximum atomic E-state index is 13.0. The molecular weight excluding hydrogens is 332 g/mol. The molecule has 0 bridgehead atoms.